The zero-order valence-electron chi connectivity index (χ0n) is 44.5. The first-order chi connectivity index (χ1) is 33.0. The van der Waals surface area contributed by atoms with Crippen molar-refractivity contribution in [3.63, 3.8) is 0 Å². The molecule has 0 aromatic rings. The summed E-state index contributed by atoms with van der Waals surface area (Å²) in [6.07, 6.45) is 68.6. The van der Waals surface area contributed by atoms with Crippen LogP contribution < -0.4 is 5.32 Å². The van der Waals surface area contributed by atoms with Gasteiger partial charge in [-0.05, 0) is 89.9 Å². The lowest BCUT2D eigenvalue weighted by Crippen LogP contribution is -2.46. The van der Waals surface area contributed by atoms with Crippen molar-refractivity contribution in [1.82, 2.24) is 5.32 Å². The van der Waals surface area contributed by atoms with E-state index < -0.39 is 18.2 Å². The summed E-state index contributed by atoms with van der Waals surface area (Å²) in [5, 5.41) is 23.9. The molecule has 6 heteroatoms. The molecule has 0 heterocycles. The van der Waals surface area contributed by atoms with Gasteiger partial charge in [0.05, 0.1) is 25.2 Å². The van der Waals surface area contributed by atoms with Crippen LogP contribution >= 0.6 is 0 Å². The first kappa shape index (κ1) is 64.6. The molecule has 3 unspecified atom stereocenters. The largest absolute Gasteiger partial charge is 0.462 e. The van der Waals surface area contributed by atoms with E-state index in [1.807, 2.05) is 0 Å². The molecule has 0 aromatic carbocycles. The van der Waals surface area contributed by atoms with Gasteiger partial charge in [0.25, 0.3) is 0 Å². The molecule has 0 saturated heterocycles. The molecule has 0 bridgehead atoms. The van der Waals surface area contributed by atoms with Crippen molar-refractivity contribution in [2.75, 3.05) is 6.61 Å². The molecule has 3 N–H and O–H groups in total. The SMILES string of the molecule is CCCCC/C=C\C/C=C\C/C=C\C/C=C\CCCC(CC(=O)NC(CO)C(O)CCCCCCCCCCCCCCCCCCC)OC(=O)CCCCC/C=C\CCCCCCCCC. The van der Waals surface area contributed by atoms with Crippen LogP contribution in [0.3, 0.4) is 0 Å². The summed E-state index contributed by atoms with van der Waals surface area (Å²) in [7, 11) is 0. The maximum atomic E-state index is 13.3. The van der Waals surface area contributed by atoms with E-state index in [0.717, 1.165) is 83.5 Å². The second-order valence-electron chi connectivity index (χ2n) is 19.7. The lowest BCUT2D eigenvalue weighted by molar-refractivity contribution is -0.151. The van der Waals surface area contributed by atoms with Crippen LogP contribution in [0.4, 0.5) is 0 Å². The number of ether oxygens (including phenoxy) is 1. The standard InChI is InChI=1S/C61H111NO5/c1-4-7-10-13-16-19-22-25-28-30-32-34-37-40-43-46-49-52-57(67-61(66)54-51-48-45-42-39-36-27-24-21-18-15-12-9-6-3)55-60(65)62-58(56-63)59(64)53-50-47-44-41-38-35-33-31-29-26-23-20-17-14-11-8-5-2/h16,19,25,28,32,34,36,39-40,43,57-59,63-64H,4-15,17-18,20-24,26-27,29-31,33,35,37-38,41-42,44-56H2,1-3H3,(H,62,65)/b19-16-,28-25-,34-32-,39-36-,43-40-. The van der Waals surface area contributed by atoms with Gasteiger partial charge in [-0.25, -0.2) is 0 Å². The van der Waals surface area contributed by atoms with E-state index in [4.69, 9.17) is 4.74 Å². The minimum Gasteiger partial charge on any atom is -0.462 e. The summed E-state index contributed by atoms with van der Waals surface area (Å²) in [5.41, 5.74) is 0. The number of hydrogen-bond acceptors (Lipinski definition) is 5. The summed E-state index contributed by atoms with van der Waals surface area (Å²) in [4.78, 5) is 26.2. The molecule has 6 nitrogen and oxygen atoms in total. The molecule has 1 amide bonds. The summed E-state index contributed by atoms with van der Waals surface area (Å²) < 4.78 is 5.92. The van der Waals surface area contributed by atoms with Gasteiger partial charge in [-0.3, -0.25) is 9.59 Å². The van der Waals surface area contributed by atoms with E-state index in [0.29, 0.717) is 19.3 Å². The second kappa shape index (κ2) is 54.5. The summed E-state index contributed by atoms with van der Waals surface area (Å²) >= 11 is 0. The predicted molar refractivity (Wildman–Crippen MR) is 292 cm³/mol. The van der Waals surface area contributed by atoms with Crippen LogP contribution in [-0.2, 0) is 14.3 Å². The third-order valence-electron chi connectivity index (χ3n) is 13.1. The Balaban J connectivity index is 4.64. The van der Waals surface area contributed by atoms with Crippen molar-refractivity contribution in [3.8, 4) is 0 Å². The van der Waals surface area contributed by atoms with Crippen molar-refractivity contribution < 1.29 is 24.5 Å². The molecule has 0 rings (SSSR count). The molecular weight excluding hydrogens is 827 g/mol. The Morgan fingerprint density at radius 1 is 0.433 bits per heavy atom. The van der Waals surface area contributed by atoms with Gasteiger partial charge in [0.1, 0.15) is 6.10 Å². The minimum absolute atomic E-state index is 0.0340. The molecule has 0 aliphatic heterocycles. The number of carbonyl (C=O) groups is 2. The monoisotopic (exact) mass is 938 g/mol. The smallest absolute Gasteiger partial charge is 0.306 e. The Morgan fingerprint density at radius 2 is 0.776 bits per heavy atom. The Kier molecular flexibility index (Phi) is 52.5. The first-order valence-corrected chi connectivity index (χ1v) is 29.0. The highest BCUT2D eigenvalue weighted by atomic mass is 16.5. The maximum absolute atomic E-state index is 13.3. The van der Waals surface area contributed by atoms with E-state index >= 15 is 0 Å². The maximum Gasteiger partial charge on any atom is 0.306 e. The molecule has 0 fully saturated rings. The molecule has 0 aliphatic carbocycles. The fraction of sp³-hybridized carbons (Fsp3) is 0.803. The van der Waals surface area contributed by atoms with E-state index in [1.165, 1.54) is 161 Å². The number of aliphatic hydroxyl groups is 2. The van der Waals surface area contributed by atoms with Gasteiger partial charge >= 0.3 is 5.97 Å². The predicted octanol–water partition coefficient (Wildman–Crippen LogP) is 18.0. The average molecular weight is 939 g/mol. The van der Waals surface area contributed by atoms with Crippen LogP contribution in [0, 0.1) is 0 Å². The van der Waals surface area contributed by atoms with Gasteiger partial charge in [-0.15, -0.1) is 0 Å². The molecule has 390 valence electrons. The number of allylic oxidation sites excluding steroid dienone is 10. The molecule has 0 aromatic heterocycles. The zero-order chi connectivity index (χ0) is 48.8. The van der Waals surface area contributed by atoms with Gasteiger partial charge in [-0.2, -0.15) is 0 Å². The number of rotatable bonds is 52. The van der Waals surface area contributed by atoms with Crippen molar-refractivity contribution >= 4 is 11.9 Å². The molecular formula is C61H111NO5. The number of amides is 1. The Hall–Kier alpha value is -2.44. The molecule has 0 saturated carbocycles. The number of unbranched alkanes of at least 4 members (excludes halogenated alkanes) is 30. The van der Waals surface area contributed by atoms with Crippen LogP contribution in [0.15, 0.2) is 60.8 Å². The number of esters is 1. The third kappa shape index (κ3) is 49.8. The third-order valence-corrected chi connectivity index (χ3v) is 13.1. The summed E-state index contributed by atoms with van der Waals surface area (Å²) in [6, 6.07) is -0.724. The first-order valence-electron chi connectivity index (χ1n) is 29.0. The average Bonchev–Trinajstić information content (AvgIpc) is 3.32. The van der Waals surface area contributed by atoms with Gasteiger partial charge in [0.15, 0.2) is 0 Å². The van der Waals surface area contributed by atoms with Gasteiger partial charge in [0, 0.05) is 6.42 Å². The van der Waals surface area contributed by atoms with Crippen LogP contribution in [-0.4, -0.2) is 46.9 Å². The molecule has 0 aliphatic rings. The van der Waals surface area contributed by atoms with Crippen LogP contribution in [0.5, 0.6) is 0 Å². The number of hydrogen-bond donors (Lipinski definition) is 3. The highest BCUT2D eigenvalue weighted by Crippen LogP contribution is 2.17. The Bertz CT molecular complexity index is 1190. The van der Waals surface area contributed by atoms with E-state index in [1.54, 1.807) is 0 Å². The highest BCUT2D eigenvalue weighted by Gasteiger charge is 2.24. The van der Waals surface area contributed by atoms with E-state index in [2.05, 4.69) is 86.8 Å². The van der Waals surface area contributed by atoms with Gasteiger partial charge < -0.3 is 20.3 Å². The van der Waals surface area contributed by atoms with Crippen molar-refractivity contribution in [1.29, 1.82) is 0 Å². The fourth-order valence-corrected chi connectivity index (χ4v) is 8.65. The topological polar surface area (TPSA) is 95.9 Å². The van der Waals surface area contributed by atoms with Crippen LogP contribution in [0.25, 0.3) is 0 Å². The Labute approximate surface area is 416 Å². The van der Waals surface area contributed by atoms with Crippen molar-refractivity contribution in [3.05, 3.63) is 60.8 Å². The molecule has 0 radical (unpaired) electrons. The van der Waals surface area contributed by atoms with Crippen LogP contribution in [0.2, 0.25) is 0 Å². The summed E-state index contributed by atoms with van der Waals surface area (Å²) in [5.74, 6) is -0.540. The normalized spacial score (nSPS) is 13.6. The fourth-order valence-electron chi connectivity index (χ4n) is 8.65. The quantitative estimate of drug-likeness (QED) is 0.0321. The lowest BCUT2D eigenvalue weighted by atomic mass is 10.0. The molecule has 3 atom stereocenters. The number of aliphatic hydroxyl groups excluding tert-OH is 2. The van der Waals surface area contributed by atoms with Crippen molar-refractivity contribution in [2.45, 2.75) is 309 Å². The summed E-state index contributed by atoms with van der Waals surface area (Å²) in [6.45, 7) is 6.46. The van der Waals surface area contributed by atoms with Crippen molar-refractivity contribution in [2.24, 2.45) is 0 Å². The van der Waals surface area contributed by atoms with Gasteiger partial charge in [-0.1, -0.05) is 248 Å². The van der Waals surface area contributed by atoms with Crippen LogP contribution in [0.1, 0.15) is 290 Å². The minimum atomic E-state index is -0.807. The number of nitrogens with one attached hydrogen (secondary N) is 1. The lowest BCUT2D eigenvalue weighted by Gasteiger charge is -2.24. The van der Waals surface area contributed by atoms with E-state index in [-0.39, 0.29) is 24.9 Å². The van der Waals surface area contributed by atoms with Gasteiger partial charge in [0.2, 0.25) is 5.91 Å². The Morgan fingerprint density at radius 3 is 1.22 bits per heavy atom. The highest BCUT2D eigenvalue weighted by molar-refractivity contribution is 5.77. The van der Waals surface area contributed by atoms with E-state index in [9.17, 15) is 19.8 Å². The second-order valence-corrected chi connectivity index (χ2v) is 19.7. The number of carbonyl (C=O) groups excluding carboxylic acids is 2. The molecule has 0 spiro atoms. The zero-order valence-corrected chi connectivity index (χ0v) is 44.5. The molecule has 67 heavy (non-hydrogen) atoms.